The Morgan fingerprint density at radius 2 is 2.00 bits per heavy atom. The van der Waals surface area contributed by atoms with Gasteiger partial charge in [-0.2, -0.15) is 0 Å². The zero-order valence-corrected chi connectivity index (χ0v) is 20.0. The lowest BCUT2D eigenvalue weighted by Gasteiger charge is -2.43. The Balaban J connectivity index is 1.16. The molecule has 1 N–H and O–H groups in total. The van der Waals surface area contributed by atoms with E-state index in [2.05, 4.69) is 26.2 Å². The van der Waals surface area contributed by atoms with Crippen molar-refractivity contribution < 1.29 is 14.3 Å². The van der Waals surface area contributed by atoms with Crippen molar-refractivity contribution in [2.45, 2.75) is 18.9 Å². The molecule has 6 heterocycles. The van der Waals surface area contributed by atoms with Crippen molar-refractivity contribution >= 4 is 22.6 Å². The largest absolute Gasteiger partial charge is 0.476 e. The standard InChI is InChI=1S/C25H31N7O3/c1-30-16-28-22-11-21(29-25(24(22)30)35-9-4-17-10-23(33)27-12-17)20-3-2-18(13-26-20)31-5-7-32(8-6-31)19-14-34-15-19/h2-3,11,13,16-17,19H,4-10,12,14-15H2,1H3,(H,27,33)/t17-/m1/s1. The predicted molar refractivity (Wildman–Crippen MR) is 131 cm³/mol. The second kappa shape index (κ2) is 9.43. The minimum Gasteiger partial charge on any atom is -0.476 e. The van der Waals surface area contributed by atoms with Crippen LogP contribution in [0.4, 0.5) is 5.69 Å². The summed E-state index contributed by atoms with van der Waals surface area (Å²) in [5, 5.41) is 2.88. The first-order valence-corrected chi connectivity index (χ1v) is 12.4. The quantitative estimate of drug-likeness (QED) is 0.546. The molecule has 0 aliphatic carbocycles. The van der Waals surface area contributed by atoms with Crippen molar-refractivity contribution in [3.8, 4) is 17.3 Å². The van der Waals surface area contributed by atoms with Crippen molar-refractivity contribution in [1.29, 1.82) is 0 Å². The van der Waals surface area contributed by atoms with Gasteiger partial charge in [0.05, 0.1) is 61.0 Å². The van der Waals surface area contributed by atoms with Crippen LogP contribution in [-0.4, -0.2) is 88.9 Å². The van der Waals surface area contributed by atoms with Gasteiger partial charge < -0.3 is 24.3 Å². The lowest BCUT2D eigenvalue weighted by Crippen LogP contribution is -2.56. The normalized spacial score (nSPS) is 21.3. The molecule has 1 atom stereocenters. The molecule has 3 fully saturated rings. The molecular formula is C25H31N7O3. The number of carbonyl (C=O) groups excluding carboxylic acids is 1. The van der Waals surface area contributed by atoms with E-state index in [1.54, 1.807) is 6.33 Å². The lowest BCUT2D eigenvalue weighted by molar-refractivity contribution is -0.119. The van der Waals surface area contributed by atoms with E-state index in [-0.39, 0.29) is 5.91 Å². The number of pyridine rings is 2. The molecule has 6 rings (SSSR count). The number of nitrogens with zero attached hydrogens (tertiary/aromatic N) is 6. The Morgan fingerprint density at radius 1 is 1.14 bits per heavy atom. The Labute approximate surface area is 204 Å². The predicted octanol–water partition coefficient (Wildman–Crippen LogP) is 1.46. The van der Waals surface area contributed by atoms with Crippen LogP contribution in [0.5, 0.6) is 5.88 Å². The number of piperazine rings is 1. The fourth-order valence-corrected chi connectivity index (χ4v) is 5.07. The maximum Gasteiger partial charge on any atom is 0.240 e. The van der Waals surface area contributed by atoms with Gasteiger partial charge in [0.15, 0.2) is 0 Å². The summed E-state index contributed by atoms with van der Waals surface area (Å²) in [4.78, 5) is 30.4. The smallest absolute Gasteiger partial charge is 0.240 e. The van der Waals surface area contributed by atoms with Gasteiger partial charge in [0, 0.05) is 46.2 Å². The molecule has 0 saturated carbocycles. The molecule has 10 heteroatoms. The number of hydrogen-bond donors (Lipinski definition) is 1. The first kappa shape index (κ1) is 22.2. The summed E-state index contributed by atoms with van der Waals surface area (Å²) in [6.07, 6.45) is 5.08. The Kier molecular flexibility index (Phi) is 5.99. The number of nitrogens with one attached hydrogen (secondary N) is 1. The minimum absolute atomic E-state index is 0.119. The molecule has 0 aromatic carbocycles. The number of amides is 1. The molecule has 0 unspecified atom stereocenters. The van der Waals surface area contributed by atoms with Crippen molar-refractivity contribution in [3.63, 3.8) is 0 Å². The van der Waals surface area contributed by atoms with Crippen LogP contribution < -0.4 is 15.0 Å². The highest BCUT2D eigenvalue weighted by Gasteiger charge is 2.29. The fourth-order valence-electron chi connectivity index (χ4n) is 5.07. The van der Waals surface area contributed by atoms with Crippen LogP contribution in [0.15, 0.2) is 30.7 Å². The van der Waals surface area contributed by atoms with E-state index in [0.29, 0.717) is 30.9 Å². The average Bonchev–Trinajstić information content (AvgIpc) is 3.43. The third kappa shape index (κ3) is 4.55. The van der Waals surface area contributed by atoms with E-state index in [9.17, 15) is 4.79 Å². The second-order valence-corrected chi connectivity index (χ2v) is 9.66. The van der Waals surface area contributed by atoms with Gasteiger partial charge in [-0.3, -0.25) is 14.7 Å². The van der Waals surface area contributed by atoms with Gasteiger partial charge in [0.25, 0.3) is 0 Å². The van der Waals surface area contributed by atoms with Crippen LogP contribution in [0.25, 0.3) is 22.4 Å². The summed E-state index contributed by atoms with van der Waals surface area (Å²) in [6.45, 7) is 7.06. The van der Waals surface area contributed by atoms with Crippen LogP contribution in [0, 0.1) is 5.92 Å². The molecule has 0 spiro atoms. The molecule has 3 aliphatic heterocycles. The van der Waals surface area contributed by atoms with Crippen molar-refractivity contribution in [2.75, 3.05) is 57.4 Å². The van der Waals surface area contributed by atoms with E-state index in [4.69, 9.17) is 19.4 Å². The summed E-state index contributed by atoms with van der Waals surface area (Å²) in [6, 6.07) is 6.71. The molecular weight excluding hydrogens is 446 g/mol. The number of aromatic nitrogens is 4. The maximum absolute atomic E-state index is 11.5. The molecule has 3 aromatic rings. The van der Waals surface area contributed by atoms with Crippen LogP contribution in [0.3, 0.4) is 0 Å². The highest BCUT2D eigenvalue weighted by Crippen LogP contribution is 2.29. The molecule has 3 aromatic heterocycles. The summed E-state index contributed by atoms with van der Waals surface area (Å²) in [7, 11) is 1.94. The van der Waals surface area contributed by atoms with Gasteiger partial charge in [-0.25, -0.2) is 9.97 Å². The second-order valence-electron chi connectivity index (χ2n) is 9.66. The van der Waals surface area contributed by atoms with Crippen LogP contribution in [0.2, 0.25) is 0 Å². The van der Waals surface area contributed by atoms with E-state index in [1.807, 2.05) is 29.9 Å². The molecule has 184 valence electrons. The van der Waals surface area contributed by atoms with Gasteiger partial charge >= 0.3 is 0 Å². The zero-order chi connectivity index (χ0) is 23.8. The third-order valence-corrected chi connectivity index (χ3v) is 7.32. The highest BCUT2D eigenvalue weighted by molar-refractivity contribution is 5.84. The van der Waals surface area contributed by atoms with E-state index >= 15 is 0 Å². The number of aryl methyl sites for hydroxylation is 1. The monoisotopic (exact) mass is 477 g/mol. The number of carbonyl (C=O) groups is 1. The third-order valence-electron chi connectivity index (χ3n) is 7.32. The number of ether oxygens (including phenoxy) is 2. The van der Waals surface area contributed by atoms with Crippen LogP contribution >= 0.6 is 0 Å². The number of hydrogen-bond acceptors (Lipinski definition) is 8. The Morgan fingerprint density at radius 3 is 2.69 bits per heavy atom. The molecule has 35 heavy (non-hydrogen) atoms. The molecule has 0 radical (unpaired) electrons. The molecule has 10 nitrogen and oxygen atoms in total. The summed E-state index contributed by atoms with van der Waals surface area (Å²) in [5.41, 5.74) is 4.36. The minimum atomic E-state index is 0.119. The zero-order valence-electron chi connectivity index (χ0n) is 20.0. The SMILES string of the molecule is Cn1cnc2cc(-c3ccc(N4CCN(C5COC5)CC4)cn3)nc(OCC[C@H]3CNC(=O)C3)c21. The summed E-state index contributed by atoms with van der Waals surface area (Å²) >= 11 is 0. The number of rotatable bonds is 7. The highest BCUT2D eigenvalue weighted by atomic mass is 16.5. The van der Waals surface area contributed by atoms with Gasteiger partial charge in [0.1, 0.15) is 5.52 Å². The first-order chi connectivity index (χ1) is 17.1. The van der Waals surface area contributed by atoms with E-state index in [0.717, 1.165) is 80.5 Å². The molecule has 0 bridgehead atoms. The van der Waals surface area contributed by atoms with Crippen LogP contribution in [-0.2, 0) is 16.6 Å². The Hall–Kier alpha value is -3.24. The fraction of sp³-hybridized carbons (Fsp3) is 0.520. The topological polar surface area (TPSA) is 97.6 Å². The van der Waals surface area contributed by atoms with Crippen molar-refractivity contribution in [1.82, 2.24) is 29.7 Å². The first-order valence-electron chi connectivity index (χ1n) is 12.4. The van der Waals surface area contributed by atoms with Gasteiger partial charge in [-0.1, -0.05) is 0 Å². The maximum atomic E-state index is 11.5. The number of anilines is 1. The van der Waals surface area contributed by atoms with Crippen molar-refractivity contribution in [2.24, 2.45) is 13.0 Å². The Bertz CT molecular complexity index is 1200. The summed E-state index contributed by atoms with van der Waals surface area (Å²) < 4.78 is 13.4. The van der Waals surface area contributed by atoms with E-state index < -0.39 is 0 Å². The van der Waals surface area contributed by atoms with Crippen LogP contribution in [0.1, 0.15) is 12.8 Å². The van der Waals surface area contributed by atoms with Gasteiger partial charge in [-0.05, 0) is 30.5 Å². The molecule has 1 amide bonds. The van der Waals surface area contributed by atoms with Gasteiger partial charge in [-0.15, -0.1) is 0 Å². The number of fused-ring (bicyclic) bond motifs is 1. The lowest BCUT2D eigenvalue weighted by atomic mass is 10.1. The number of imidazole rings is 1. The summed E-state index contributed by atoms with van der Waals surface area (Å²) in [5.74, 6) is 0.983. The van der Waals surface area contributed by atoms with Gasteiger partial charge in [0.2, 0.25) is 11.8 Å². The molecule has 3 saturated heterocycles. The molecule has 3 aliphatic rings. The average molecular weight is 478 g/mol. The van der Waals surface area contributed by atoms with E-state index in [1.165, 1.54) is 0 Å². The van der Waals surface area contributed by atoms with Crippen molar-refractivity contribution in [3.05, 3.63) is 30.7 Å².